The zero-order chi connectivity index (χ0) is 35.5. The van der Waals surface area contributed by atoms with Crippen LogP contribution in [0.1, 0.15) is 97.7 Å². The monoisotopic (exact) mass is 709 g/mol. The number of hydrogen-bond donors (Lipinski definition) is 4. The minimum absolute atomic E-state index is 0. The van der Waals surface area contributed by atoms with Crippen molar-refractivity contribution >= 4 is 18.3 Å². The van der Waals surface area contributed by atoms with Gasteiger partial charge in [0.2, 0.25) is 5.91 Å². The van der Waals surface area contributed by atoms with Crippen LogP contribution in [0.4, 0.5) is 0 Å². The zero-order valence-electron chi connectivity index (χ0n) is 31.1. The molecule has 49 heavy (non-hydrogen) atoms. The molecule has 0 aliphatic heterocycles. The molecule has 280 valence electrons. The largest absolute Gasteiger partial charge is 0.493 e. The molecule has 3 rings (SSSR count). The van der Waals surface area contributed by atoms with E-state index in [1.807, 2.05) is 32.2 Å². The maximum absolute atomic E-state index is 13.5. The lowest BCUT2D eigenvalue weighted by Crippen LogP contribution is -2.44. The summed E-state index contributed by atoms with van der Waals surface area (Å²) in [5.41, 5.74) is 7.20. The molecule has 11 nitrogen and oxygen atoms in total. The van der Waals surface area contributed by atoms with Gasteiger partial charge in [0.05, 0.1) is 26.0 Å². The number of benzene rings is 1. The first-order chi connectivity index (χ1) is 22.7. The third-order valence-corrected chi connectivity index (χ3v) is 9.90. The molecule has 0 unspecified atom stereocenters. The standard InChI is InChI=1S/C37H63N5O6.ClH/c1-25(2)28(18-27-12-13-32(47-8)33(19-27)48-17-11-16-46-7)20-30(38)31(43)21-29(26(3)4)35(44)39-23-36(5,6)24-42-22-34(40-41-42)37(45)14-9-10-15-37;/h12-13,19,22,25-26,28-31,43,45H,9-11,14-18,20-21,23-24,38H2,1-8H3,(H,39,44);1H/t28-,29-,30-,31-;/m0./s1. The molecule has 1 amide bonds. The number of rotatable bonds is 21. The first kappa shape index (κ1) is 42.7. The van der Waals surface area contributed by atoms with Gasteiger partial charge in [-0.1, -0.05) is 65.7 Å². The number of methoxy groups -OCH3 is 2. The Labute approximate surface area is 300 Å². The number of hydrogen-bond acceptors (Lipinski definition) is 9. The molecule has 1 aromatic heterocycles. The first-order valence-corrected chi connectivity index (χ1v) is 17.8. The van der Waals surface area contributed by atoms with E-state index in [0.717, 1.165) is 31.2 Å². The lowest BCUT2D eigenvalue weighted by atomic mass is 9.80. The van der Waals surface area contributed by atoms with Crippen molar-refractivity contribution in [1.29, 1.82) is 0 Å². The second-order valence-corrected chi connectivity index (χ2v) is 15.4. The summed E-state index contributed by atoms with van der Waals surface area (Å²) in [5.74, 6) is 1.53. The van der Waals surface area contributed by atoms with Gasteiger partial charge in [0.15, 0.2) is 11.5 Å². The Morgan fingerprint density at radius 2 is 1.78 bits per heavy atom. The van der Waals surface area contributed by atoms with Gasteiger partial charge in [-0.3, -0.25) is 9.48 Å². The van der Waals surface area contributed by atoms with Crippen molar-refractivity contribution in [2.24, 2.45) is 34.8 Å². The number of halogens is 1. The Bertz CT molecular complexity index is 1270. The summed E-state index contributed by atoms with van der Waals surface area (Å²) in [6.07, 6.45) is 6.92. The number of ether oxygens (including phenoxy) is 3. The zero-order valence-corrected chi connectivity index (χ0v) is 31.9. The molecule has 1 saturated carbocycles. The molecule has 0 saturated heterocycles. The highest BCUT2D eigenvalue weighted by atomic mass is 35.5. The van der Waals surface area contributed by atoms with E-state index in [1.54, 1.807) is 18.9 Å². The van der Waals surface area contributed by atoms with Crippen molar-refractivity contribution in [2.75, 3.05) is 34.0 Å². The SMILES string of the molecule is COCCCOc1cc(C[C@@H](C[C@H](N)[C@@H](O)C[C@H](C(=O)NCC(C)(C)Cn2cc(C3(O)CCCC3)nn2)C(C)C)C(C)C)ccc1OC.Cl. The molecule has 1 aromatic carbocycles. The number of nitrogens with zero attached hydrogens (tertiary/aromatic N) is 3. The number of amides is 1. The summed E-state index contributed by atoms with van der Waals surface area (Å²) in [4.78, 5) is 13.5. The van der Waals surface area contributed by atoms with Crippen LogP contribution in [0.3, 0.4) is 0 Å². The van der Waals surface area contributed by atoms with Gasteiger partial charge in [0.25, 0.3) is 0 Å². The summed E-state index contributed by atoms with van der Waals surface area (Å²) >= 11 is 0. The highest BCUT2D eigenvalue weighted by Gasteiger charge is 2.36. The van der Waals surface area contributed by atoms with Gasteiger partial charge in [-0.2, -0.15) is 0 Å². The highest BCUT2D eigenvalue weighted by Crippen LogP contribution is 2.37. The lowest BCUT2D eigenvalue weighted by molar-refractivity contribution is -0.128. The first-order valence-electron chi connectivity index (χ1n) is 17.8. The third-order valence-electron chi connectivity index (χ3n) is 9.90. The number of nitrogens with one attached hydrogen (secondary N) is 1. The average Bonchev–Trinajstić information content (AvgIpc) is 3.70. The molecule has 2 aromatic rings. The summed E-state index contributed by atoms with van der Waals surface area (Å²) in [5, 5.41) is 33.8. The second-order valence-electron chi connectivity index (χ2n) is 15.4. The van der Waals surface area contributed by atoms with Crippen molar-refractivity contribution in [3.05, 3.63) is 35.7 Å². The topological polar surface area (TPSA) is 154 Å². The van der Waals surface area contributed by atoms with Crippen LogP contribution in [0, 0.1) is 29.1 Å². The van der Waals surface area contributed by atoms with E-state index >= 15 is 0 Å². The van der Waals surface area contributed by atoms with Crippen LogP contribution in [0.5, 0.6) is 11.5 Å². The van der Waals surface area contributed by atoms with E-state index in [1.165, 1.54) is 0 Å². The fourth-order valence-electron chi connectivity index (χ4n) is 6.62. The van der Waals surface area contributed by atoms with Crippen LogP contribution in [-0.2, 0) is 28.1 Å². The van der Waals surface area contributed by atoms with Gasteiger partial charge in [0, 0.05) is 50.6 Å². The fraction of sp³-hybridized carbons (Fsp3) is 0.757. The fourth-order valence-corrected chi connectivity index (χ4v) is 6.62. The Balaban J connectivity index is 0.00000833. The van der Waals surface area contributed by atoms with Crippen LogP contribution >= 0.6 is 12.4 Å². The van der Waals surface area contributed by atoms with Crippen LogP contribution in [0.15, 0.2) is 24.4 Å². The normalized spacial score (nSPS) is 17.0. The average molecular weight is 710 g/mol. The molecule has 5 N–H and O–H groups in total. The maximum atomic E-state index is 13.5. The maximum Gasteiger partial charge on any atom is 0.223 e. The van der Waals surface area contributed by atoms with E-state index in [4.69, 9.17) is 19.9 Å². The van der Waals surface area contributed by atoms with Gasteiger partial charge < -0.3 is 35.5 Å². The van der Waals surface area contributed by atoms with E-state index in [9.17, 15) is 15.0 Å². The van der Waals surface area contributed by atoms with Crippen molar-refractivity contribution in [3.63, 3.8) is 0 Å². The van der Waals surface area contributed by atoms with Crippen LogP contribution in [-0.4, -0.2) is 77.2 Å². The third kappa shape index (κ3) is 13.0. The Morgan fingerprint density at radius 3 is 2.39 bits per heavy atom. The van der Waals surface area contributed by atoms with Crippen LogP contribution in [0.2, 0.25) is 0 Å². The number of carbonyl (C=O) groups is 1. The molecule has 12 heteroatoms. The van der Waals surface area contributed by atoms with Crippen LogP contribution < -0.4 is 20.5 Å². The molecule has 4 atom stereocenters. The Hall–Kier alpha value is -2.44. The highest BCUT2D eigenvalue weighted by molar-refractivity contribution is 5.85. The summed E-state index contributed by atoms with van der Waals surface area (Å²) < 4.78 is 18.4. The predicted molar refractivity (Wildman–Crippen MR) is 195 cm³/mol. The van der Waals surface area contributed by atoms with Crippen LogP contribution in [0.25, 0.3) is 0 Å². The Kier molecular flexibility index (Phi) is 17.3. The minimum Gasteiger partial charge on any atom is -0.493 e. The lowest BCUT2D eigenvalue weighted by Gasteiger charge is -2.31. The summed E-state index contributed by atoms with van der Waals surface area (Å²) in [6, 6.07) is 5.55. The predicted octanol–water partition coefficient (Wildman–Crippen LogP) is 5.28. The molecule has 1 aliphatic carbocycles. The van der Waals surface area contributed by atoms with Crippen molar-refractivity contribution in [1.82, 2.24) is 20.3 Å². The summed E-state index contributed by atoms with van der Waals surface area (Å²) in [6.45, 7) is 14.7. The smallest absolute Gasteiger partial charge is 0.223 e. The number of aliphatic hydroxyl groups excluding tert-OH is 1. The van der Waals surface area contributed by atoms with E-state index in [0.29, 0.717) is 75.1 Å². The molecular formula is C37H64ClN5O6. The van der Waals surface area contributed by atoms with E-state index < -0.39 is 17.7 Å². The van der Waals surface area contributed by atoms with Crippen molar-refractivity contribution in [2.45, 2.75) is 117 Å². The van der Waals surface area contributed by atoms with Gasteiger partial charge in [0.1, 0.15) is 11.3 Å². The second kappa shape index (κ2) is 19.8. The number of aliphatic hydroxyl groups is 2. The van der Waals surface area contributed by atoms with Crippen molar-refractivity contribution in [3.8, 4) is 11.5 Å². The molecule has 0 radical (unpaired) electrons. The van der Waals surface area contributed by atoms with Gasteiger partial charge in [-0.25, -0.2) is 0 Å². The van der Waals surface area contributed by atoms with Gasteiger partial charge >= 0.3 is 0 Å². The molecule has 0 spiro atoms. The van der Waals surface area contributed by atoms with Gasteiger partial charge in [-0.15, -0.1) is 17.5 Å². The van der Waals surface area contributed by atoms with E-state index in [-0.39, 0.29) is 41.5 Å². The quantitative estimate of drug-likeness (QED) is 0.127. The summed E-state index contributed by atoms with van der Waals surface area (Å²) in [7, 11) is 3.31. The van der Waals surface area contributed by atoms with Crippen molar-refractivity contribution < 1.29 is 29.2 Å². The number of aromatic nitrogens is 3. The number of carbonyl (C=O) groups excluding carboxylic acids is 1. The molecular weight excluding hydrogens is 646 g/mol. The molecule has 1 aliphatic rings. The molecule has 0 bridgehead atoms. The molecule has 1 heterocycles. The minimum atomic E-state index is -0.879. The number of nitrogens with two attached hydrogens (primary N) is 1. The van der Waals surface area contributed by atoms with E-state index in [2.05, 4.69) is 49.4 Å². The Morgan fingerprint density at radius 1 is 1.08 bits per heavy atom. The van der Waals surface area contributed by atoms with Gasteiger partial charge in [-0.05, 0) is 67.6 Å². The molecule has 1 fully saturated rings.